The van der Waals surface area contributed by atoms with Crippen LogP contribution in [0.3, 0.4) is 0 Å². The third kappa shape index (κ3) is 3.21. The van der Waals surface area contributed by atoms with E-state index in [1.54, 1.807) is 24.3 Å². The summed E-state index contributed by atoms with van der Waals surface area (Å²) in [6.07, 6.45) is 0. The molecule has 0 bridgehead atoms. The van der Waals surface area contributed by atoms with Crippen molar-refractivity contribution < 1.29 is 4.79 Å². The van der Waals surface area contributed by atoms with Gasteiger partial charge in [0.05, 0.1) is 10.2 Å². The molecule has 3 rings (SSSR count). The maximum Gasteiger partial charge on any atom is 0.257 e. The summed E-state index contributed by atoms with van der Waals surface area (Å²) in [5, 5.41) is 6.39. The molecule has 4 N–H and O–H groups in total. The predicted octanol–water partition coefficient (Wildman–Crippen LogP) is 3.01. The number of hydrogen-bond donors (Lipinski definition) is 3. The Hall–Kier alpha value is -2.51. The first-order chi connectivity index (χ1) is 10.6. The molecule has 0 saturated carbocycles. The van der Waals surface area contributed by atoms with Crippen molar-refractivity contribution in [1.82, 2.24) is 10.3 Å². The van der Waals surface area contributed by atoms with E-state index >= 15 is 0 Å². The Morgan fingerprint density at radius 2 is 1.95 bits per heavy atom. The van der Waals surface area contributed by atoms with Gasteiger partial charge in [0.1, 0.15) is 0 Å². The second-order valence-electron chi connectivity index (χ2n) is 4.51. The quantitative estimate of drug-likeness (QED) is 0.630. The van der Waals surface area contributed by atoms with Gasteiger partial charge in [-0.1, -0.05) is 29.5 Å². The molecule has 0 aliphatic heterocycles. The molecule has 0 aliphatic carbocycles. The zero-order valence-corrected chi connectivity index (χ0v) is 13.0. The second-order valence-corrected chi connectivity index (χ2v) is 5.98. The molecular weight excluding hydrogens is 316 g/mol. The van der Waals surface area contributed by atoms with Gasteiger partial charge in [0.25, 0.3) is 5.91 Å². The molecule has 7 heteroatoms. The van der Waals surface area contributed by atoms with Gasteiger partial charge in [-0.2, -0.15) is 0 Å². The number of fused-ring (bicyclic) bond motifs is 1. The van der Waals surface area contributed by atoms with Crippen molar-refractivity contribution in [3.8, 4) is 0 Å². The van der Waals surface area contributed by atoms with Crippen molar-refractivity contribution in [2.45, 2.75) is 0 Å². The Balaban J connectivity index is 1.69. The van der Waals surface area contributed by atoms with E-state index in [2.05, 4.69) is 15.6 Å². The molecule has 2 aromatic carbocycles. The molecule has 5 nitrogen and oxygen atoms in total. The van der Waals surface area contributed by atoms with Crippen LogP contribution in [0.5, 0.6) is 0 Å². The minimum Gasteiger partial charge on any atom is -0.375 e. The zero-order chi connectivity index (χ0) is 15.5. The lowest BCUT2D eigenvalue weighted by Crippen LogP contribution is -2.34. The van der Waals surface area contributed by atoms with Crippen LogP contribution in [-0.2, 0) is 0 Å². The van der Waals surface area contributed by atoms with Gasteiger partial charge in [-0.15, -0.1) is 0 Å². The van der Waals surface area contributed by atoms with E-state index in [-0.39, 0.29) is 11.0 Å². The van der Waals surface area contributed by atoms with E-state index in [1.165, 1.54) is 11.3 Å². The molecule has 110 valence electrons. The van der Waals surface area contributed by atoms with Crippen LogP contribution in [0.2, 0.25) is 0 Å². The number of thiocarbonyl (C=S) groups is 1. The van der Waals surface area contributed by atoms with Gasteiger partial charge in [-0.3, -0.25) is 10.1 Å². The third-order valence-corrected chi connectivity index (χ3v) is 3.98. The van der Waals surface area contributed by atoms with Gasteiger partial charge in [0.2, 0.25) is 0 Å². The Bertz CT molecular complexity index is 845. The van der Waals surface area contributed by atoms with Crippen LogP contribution < -0.4 is 16.4 Å². The fourth-order valence-corrected chi connectivity index (χ4v) is 2.93. The van der Waals surface area contributed by atoms with E-state index < -0.39 is 0 Å². The number of hydrogen-bond acceptors (Lipinski definition) is 5. The Labute approximate surface area is 136 Å². The Kier molecular flexibility index (Phi) is 3.99. The van der Waals surface area contributed by atoms with Crippen LogP contribution in [0.25, 0.3) is 10.2 Å². The molecule has 0 fully saturated rings. The monoisotopic (exact) mass is 328 g/mol. The number of carbonyl (C=O) groups excluding carboxylic acids is 1. The lowest BCUT2D eigenvalue weighted by Gasteiger charge is -2.09. The molecule has 1 heterocycles. The standard InChI is InChI=1S/C15H12N4OS2/c16-14-18-11-7-6-10(8-12(11)22-14)17-15(21)19-13(20)9-4-2-1-3-5-9/h1-8H,(H2,16,18)(H2,17,19,20,21). The molecule has 0 unspecified atom stereocenters. The van der Waals surface area contributed by atoms with Crippen LogP contribution in [0.4, 0.5) is 10.8 Å². The lowest BCUT2D eigenvalue weighted by molar-refractivity contribution is 0.0978. The highest BCUT2D eigenvalue weighted by atomic mass is 32.1. The van der Waals surface area contributed by atoms with Crippen molar-refractivity contribution in [2.75, 3.05) is 11.1 Å². The summed E-state index contributed by atoms with van der Waals surface area (Å²) in [6.45, 7) is 0. The van der Waals surface area contributed by atoms with Crippen molar-refractivity contribution in [3.05, 3.63) is 54.1 Å². The molecule has 1 aromatic heterocycles. The van der Waals surface area contributed by atoms with Gasteiger partial charge < -0.3 is 11.1 Å². The maximum absolute atomic E-state index is 12.0. The largest absolute Gasteiger partial charge is 0.375 e. The number of amides is 1. The number of carbonyl (C=O) groups is 1. The number of thiazole rings is 1. The van der Waals surface area contributed by atoms with E-state index in [0.717, 1.165) is 15.9 Å². The van der Waals surface area contributed by atoms with E-state index in [9.17, 15) is 4.79 Å². The van der Waals surface area contributed by atoms with Crippen molar-refractivity contribution in [1.29, 1.82) is 0 Å². The van der Waals surface area contributed by atoms with Gasteiger partial charge in [-0.25, -0.2) is 4.98 Å². The van der Waals surface area contributed by atoms with Crippen LogP contribution in [0, 0.1) is 0 Å². The van der Waals surface area contributed by atoms with Crippen molar-refractivity contribution >= 4 is 55.6 Å². The predicted molar refractivity (Wildman–Crippen MR) is 94.2 cm³/mol. The minimum atomic E-state index is -0.249. The van der Waals surface area contributed by atoms with Crippen LogP contribution in [0.1, 0.15) is 10.4 Å². The molecule has 0 radical (unpaired) electrons. The molecule has 0 saturated heterocycles. The minimum absolute atomic E-state index is 0.241. The average molecular weight is 328 g/mol. The van der Waals surface area contributed by atoms with Gasteiger partial charge in [0.15, 0.2) is 10.2 Å². The fraction of sp³-hybridized carbons (Fsp3) is 0. The molecule has 0 spiro atoms. The van der Waals surface area contributed by atoms with Gasteiger partial charge >= 0.3 is 0 Å². The summed E-state index contributed by atoms with van der Waals surface area (Å²) in [7, 11) is 0. The van der Waals surface area contributed by atoms with Crippen LogP contribution in [0.15, 0.2) is 48.5 Å². The highest BCUT2D eigenvalue weighted by Crippen LogP contribution is 2.26. The summed E-state index contributed by atoms with van der Waals surface area (Å²) in [5.41, 5.74) is 7.84. The average Bonchev–Trinajstić information content (AvgIpc) is 2.87. The van der Waals surface area contributed by atoms with E-state index in [4.69, 9.17) is 18.0 Å². The van der Waals surface area contributed by atoms with Gasteiger partial charge in [0, 0.05) is 11.3 Å². The molecule has 3 aromatic rings. The lowest BCUT2D eigenvalue weighted by atomic mass is 10.2. The number of nitrogen functional groups attached to an aromatic ring is 1. The molecule has 1 amide bonds. The van der Waals surface area contributed by atoms with E-state index in [1.807, 2.05) is 24.3 Å². The summed E-state index contributed by atoms with van der Waals surface area (Å²) in [5.74, 6) is -0.249. The first kappa shape index (κ1) is 14.4. The molecule has 0 atom stereocenters. The highest BCUT2D eigenvalue weighted by molar-refractivity contribution is 7.80. The smallest absolute Gasteiger partial charge is 0.257 e. The number of benzene rings is 2. The number of nitrogens with two attached hydrogens (primary N) is 1. The zero-order valence-electron chi connectivity index (χ0n) is 11.4. The van der Waals surface area contributed by atoms with Crippen molar-refractivity contribution in [2.24, 2.45) is 0 Å². The molecular formula is C15H12N4OS2. The summed E-state index contributed by atoms with van der Waals surface area (Å²) in [6, 6.07) is 14.5. The SMILES string of the molecule is Nc1nc2ccc(NC(=S)NC(=O)c3ccccc3)cc2s1. The van der Waals surface area contributed by atoms with Crippen LogP contribution >= 0.6 is 23.6 Å². The maximum atomic E-state index is 12.0. The Morgan fingerprint density at radius 1 is 1.18 bits per heavy atom. The first-order valence-corrected chi connectivity index (χ1v) is 7.68. The number of aromatic nitrogens is 1. The second kappa shape index (κ2) is 6.08. The normalized spacial score (nSPS) is 10.4. The highest BCUT2D eigenvalue weighted by Gasteiger charge is 2.08. The number of nitrogens with zero attached hydrogens (tertiary/aromatic N) is 1. The summed E-state index contributed by atoms with van der Waals surface area (Å²) in [4.78, 5) is 16.2. The number of nitrogens with one attached hydrogen (secondary N) is 2. The molecule has 0 aliphatic rings. The van der Waals surface area contributed by atoms with Crippen LogP contribution in [-0.4, -0.2) is 16.0 Å². The summed E-state index contributed by atoms with van der Waals surface area (Å²) < 4.78 is 0.958. The van der Waals surface area contributed by atoms with Crippen molar-refractivity contribution in [3.63, 3.8) is 0 Å². The fourth-order valence-electron chi connectivity index (χ4n) is 1.95. The number of rotatable bonds is 2. The summed E-state index contributed by atoms with van der Waals surface area (Å²) >= 11 is 6.56. The van der Waals surface area contributed by atoms with Gasteiger partial charge in [-0.05, 0) is 42.5 Å². The number of anilines is 2. The first-order valence-electron chi connectivity index (χ1n) is 6.45. The molecule has 22 heavy (non-hydrogen) atoms. The topological polar surface area (TPSA) is 80.0 Å². The third-order valence-electron chi connectivity index (χ3n) is 2.93. The van der Waals surface area contributed by atoms with E-state index in [0.29, 0.717) is 10.7 Å². The Morgan fingerprint density at radius 3 is 2.73 bits per heavy atom.